The molecule has 0 aliphatic heterocycles. The molecule has 108 valence electrons. The van der Waals surface area contributed by atoms with Crippen LogP contribution in [0.3, 0.4) is 0 Å². The van der Waals surface area contributed by atoms with Gasteiger partial charge in [-0.15, -0.1) is 0 Å². The van der Waals surface area contributed by atoms with Gasteiger partial charge in [0.25, 0.3) is 0 Å². The number of hydrogen-bond acceptors (Lipinski definition) is 2. The first-order chi connectivity index (χ1) is 8.67. The topological polar surface area (TPSA) is 29.5 Å². The highest BCUT2D eigenvalue weighted by molar-refractivity contribution is 5.30. The highest BCUT2D eigenvalue weighted by atomic mass is 19.4. The Morgan fingerprint density at radius 2 is 1.95 bits per heavy atom. The van der Waals surface area contributed by atoms with Gasteiger partial charge in [-0.2, -0.15) is 13.2 Å². The second-order valence-electron chi connectivity index (χ2n) is 4.94. The quantitative estimate of drug-likeness (QED) is 0.884. The summed E-state index contributed by atoms with van der Waals surface area (Å²) in [5, 5.41) is 9.29. The van der Waals surface area contributed by atoms with Gasteiger partial charge in [0.2, 0.25) is 0 Å². The SMILES string of the molecule is CCC(C)c1cccc(OCC(C)(O)C(F)(F)F)c1. The summed E-state index contributed by atoms with van der Waals surface area (Å²) < 4.78 is 42.5. The van der Waals surface area contributed by atoms with Crippen molar-refractivity contribution in [3.05, 3.63) is 29.8 Å². The predicted octanol–water partition coefficient (Wildman–Crippen LogP) is 3.89. The van der Waals surface area contributed by atoms with Crippen LogP contribution >= 0.6 is 0 Å². The first-order valence-corrected chi connectivity index (χ1v) is 6.19. The van der Waals surface area contributed by atoms with E-state index >= 15 is 0 Å². The highest BCUT2D eigenvalue weighted by Gasteiger charge is 2.50. The van der Waals surface area contributed by atoms with Crippen LogP contribution in [0.25, 0.3) is 0 Å². The second-order valence-corrected chi connectivity index (χ2v) is 4.94. The normalized spacial score (nSPS) is 16.8. The van der Waals surface area contributed by atoms with Crippen molar-refractivity contribution in [2.75, 3.05) is 6.61 Å². The predicted molar refractivity (Wildman–Crippen MR) is 67.3 cm³/mol. The molecular formula is C14H19F3O2. The van der Waals surface area contributed by atoms with Crippen LogP contribution in [0.1, 0.15) is 38.7 Å². The molecule has 5 heteroatoms. The van der Waals surface area contributed by atoms with Crippen molar-refractivity contribution in [1.82, 2.24) is 0 Å². The van der Waals surface area contributed by atoms with E-state index in [1.165, 1.54) is 0 Å². The fourth-order valence-electron chi connectivity index (χ4n) is 1.45. The fraction of sp³-hybridized carbons (Fsp3) is 0.571. The monoisotopic (exact) mass is 276 g/mol. The van der Waals surface area contributed by atoms with Crippen molar-refractivity contribution in [2.45, 2.75) is 44.9 Å². The Labute approximate surface area is 111 Å². The third-order valence-corrected chi connectivity index (χ3v) is 3.17. The smallest absolute Gasteiger partial charge is 0.420 e. The third-order valence-electron chi connectivity index (χ3n) is 3.17. The van der Waals surface area contributed by atoms with E-state index in [1.54, 1.807) is 18.2 Å². The average Bonchev–Trinajstić information content (AvgIpc) is 2.34. The Hall–Kier alpha value is -1.23. The van der Waals surface area contributed by atoms with Gasteiger partial charge >= 0.3 is 6.18 Å². The Bertz CT molecular complexity index is 413. The minimum Gasteiger partial charge on any atom is -0.490 e. The van der Waals surface area contributed by atoms with E-state index in [1.807, 2.05) is 19.9 Å². The van der Waals surface area contributed by atoms with Crippen molar-refractivity contribution in [3.63, 3.8) is 0 Å². The summed E-state index contributed by atoms with van der Waals surface area (Å²) in [7, 11) is 0. The molecule has 2 atom stereocenters. The molecule has 0 bridgehead atoms. The summed E-state index contributed by atoms with van der Waals surface area (Å²) in [4.78, 5) is 0. The molecule has 0 saturated heterocycles. The van der Waals surface area contributed by atoms with Crippen LogP contribution in [0.2, 0.25) is 0 Å². The minimum atomic E-state index is -4.71. The van der Waals surface area contributed by atoms with Crippen molar-refractivity contribution in [2.24, 2.45) is 0 Å². The Morgan fingerprint density at radius 1 is 1.32 bits per heavy atom. The van der Waals surface area contributed by atoms with E-state index in [2.05, 4.69) is 0 Å². The van der Waals surface area contributed by atoms with Gasteiger partial charge < -0.3 is 9.84 Å². The fourth-order valence-corrected chi connectivity index (χ4v) is 1.45. The van der Waals surface area contributed by atoms with E-state index in [-0.39, 0.29) is 0 Å². The van der Waals surface area contributed by atoms with Gasteiger partial charge in [-0.25, -0.2) is 0 Å². The number of benzene rings is 1. The van der Waals surface area contributed by atoms with Crippen molar-refractivity contribution < 1.29 is 23.0 Å². The maximum atomic E-state index is 12.5. The van der Waals surface area contributed by atoms with Crippen molar-refractivity contribution in [3.8, 4) is 5.75 Å². The number of aliphatic hydroxyl groups is 1. The third kappa shape index (κ3) is 4.13. The van der Waals surface area contributed by atoms with E-state index in [0.717, 1.165) is 12.0 Å². The summed E-state index contributed by atoms with van der Waals surface area (Å²) in [6.45, 7) is 3.95. The van der Waals surface area contributed by atoms with E-state index in [4.69, 9.17) is 4.74 Å². The van der Waals surface area contributed by atoms with Crippen LogP contribution in [-0.2, 0) is 0 Å². The van der Waals surface area contributed by atoms with Gasteiger partial charge in [0.15, 0.2) is 5.60 Å². The van der Waals surface area contributed by atoms with Crippen LogP contribution in [0.15, 0.2) is 24.3 Å². The molecule has 2 nitrogen and oxygen atoms in total. The van der Waals surface area contributed by atoms with Crippen LogP contribution in [0, 0.1) is 0 Å². The van der Waals surface area contributed by atoms with Crippen LogP contribution in [0.4, 0.5) is 13.2 Å². The number of hydrogen-bond donors (Lipinski definition) is 1. The summed E-state index contributed by atoms with van der Waals surface area (Å²) in [5.74, 6) is 0.647. The number of ether oxygens (including phenoxy) is 1. The number of halogens is 3. The molecule has 0 amide bonds. The molecule has 0 aromatic heterocycles. The second kappa shape index (κ2) is 5.82. The first-order valence-electron chi connectivity index (χ1n) is 6.19. The zero-order valence-electron chi connectivity index (χ0n) is 11.3. The zero-order chi connectivity index (χ0) is 14.7. The lowest BCUT2D eigenvalue weighted by atomic mass is 9.99. The molecule has 2 unspecified atom stereocenters. The standard InChI is InChI=1S/C14H19F3O2/c1-4-10(2)11-6-5-7-12(8-11)19-9-13(3,18)14(15,16)17/h5-8,10,18H,4,9H2,1-3H3. The molecule has 1 rings (SSSR count). The molecule has 0 saturated carbocycles. The van der Waals surface area contributed by atoms with E-state index in [0.29, 0.717) is 18.6 Å². The molecule has 1 aromatic rings. The van der Waals surface area contributed by atoms with Gasteiger partial charge in [0, 0.05) is 0 Å². The van der Waals surface area contributed by atoms with Crippen LogP contribution in [0.5, 0.6) is 5.75 Å². The van der Waals surface area contributed by atoms with Gasteiger partial charge in [-0.05, 0) is 37.0 Å². The Kier molecular flexibility index (Phi) is 4.85. The number of alkyl halides is 3. The van der Waals surface area contributed by atoms with Gasteiger partial charge in [0.05, 0.1) is 0 Å². The minimum absolute atomic E-state index is 0.312. The summed E-state index contributed by atoms with van der Waals surface area (Å²) in [6.07, 6.45) is -3.77. The largest absolute Gasteiger partial charge is 0.490 e. The van der Waals surface area contributed by atoms with Crippen molar-refractivity contribution >= 4 is 0 Å². The first kappa shape index (κ1) is 15.8. The van der Waals surface area contributed by atoms with Gasteiger partial charge in [0.1, 0.15) is 12.4 Å². The lowest BCUT2D eigenvalue weighted by Crippen LogP contribution is -2.47. The van der Waals surface area contributed by atoms with E-state index in [9.17, 15) is 18.3 Å². The van der Waals surface area contributed by atoms with E-state index < -0.39 is 18.4 Å². The molecule has 0 spiro atoms. The Morgan fingerprint density at radius 3 is 2.47 bits per heavy atom. The summed E-state index contributed by atoms with van der Waals surface area (Å²) in [5.41, 5.74) is -1.84. The molecule has 19 heavy (non-hydrogen) atoms. The lowest BCUT2D eigenvalue weighted by Gasteiger charge is -2.26. The average molecular weight is 276 g/mol. The van der Waals surface area contributed by atoms with Gasteiger partial charge in [-0.3, -0.25) is 0 Å². The molecule has 0 aliphatic carbocycles. The maximum Gasteiger partial charge on any atom is 0.420 e. The highest BCUT2D eigenvalue weighted by Crippen LogP contribution is 2.31. The van der Waals surface area contributed by atoms with Crippen molar-refractivity contribution in [1.29, 1.82) is 0 Å². The molecule has 0 fully saturated rings. The van der Waals surface area contributed by atoms with Crippen LogP contribution < -0.4 is 4.74 Å². The summed E-state index contributed by atoms with van der Waals surface area (Å²) in [6, 6.07) is 6.93. The molecule has 0 heterocycles. The molecule has 0 radical (unpaired) electrons. The molecule has 1 aromatic carbocycles. The molecular weight excluding hydrogens is 257 g/mol. The summed E-state index contributed by atoms with van der Waals surface area (Å²) >= 11 is 0. The van der Waals surface area contributed by atoms with Gasteiger partial charge in [-0.1, -0.05) is 26.0 Å². The number of rotatable bonds is 5. The molecule has 0 aliphatic rings. The Balaban J connectivity index is 2.74. The lowest BCUT2D eigenvalue weighted by molar-refractivity contribution is -0.260. The zero-order valence-corrected chi connectivity index (χ0v) is 11.3. The maximum absolute atomic E-state index is 12.5. The molecule has 1 N–H and O–H groups in total. The van der Waals surface area contributed by atoms with Crippen LogP contribution in [-0.4, -0.2) is 23.5 Å².